The average Bonchev–Trinajstić information content (AvgIpc) is 2.93. The number of nitrogens with zero attached hydrogens (tertiary/aromatic N) is 4. The van der Waals surface area contributed by atoms with Gasteiger partial charge >= 0.3 is 0 Å². The number of carbonyl (C=O) groups excluding carboxylic acids is 1. The molecule has 5 heteroatoms. The Bertz CT molecular complexity index is 564. The molecule has 0 radical (unpaired) electrons. The van der Waals surface area contributed by atoms with Crippen molar-refractivity contribution < 1.29 is 4.79 Å². The molecule has 24 heavy (non-hydrogen) atoms. The zero-order valence-corrected chi connectivity index (χ0v) is 16.3. The lowest BCUT2D eigenvalue weighted by Crippen LogP contribution is -2.38. The number of hydrogen-bond acceptors (Lipinski definition) is 3. The van der Waals surface area contributed by atoms with Gasteiger partial charge in [-0.3, -0.25) is 14.4 Å². The van der Waals surface area contributed by atoms with E-state index in [4.69, 9.17) is 5.10 Å². The second-order valence-electron chi connectivity index (χ2n) is 7.41. The Morgan fingerprint density at radius 3 is 2.38 bits per heavy atom. The third-order valence-electron chi connectivity index (χ3n) is 5.18. The highest BCUT2D eigenvalue weighted by atomic mass is 16.2. The van der Waals surface area contributed by atoms with E-state index < -0.39 is 0 Å². The van der Waals surface area contributed by atoms with E-state index in [1.54, 1.807) is 4.90 Å². The molecule has 1 aliphatic rings. The van der Waals surface area contributed by atoms with Gasteiger partial charge in [-0.1, -0.05) is 26.7 Å². The van der Waals surface area contributed by atoms with Gasteiger partial charge in [-0.05, 0) is 26.7 Å². The molecular weight excluding hydrogens is 300 g/mol. The van der Waals surface area contributed by atoms with Crippen molar-refractivity contribution >= 4 is 5.91 Å². The molecule has 0 saturated heterocycles. The average molecular weight is 335 g/mol. The van der Waals surface area contributed by atoms with Crippen molar-refractivity contribution in [2.24, 2.45) is 0 Å². The molecule has 5 nitrogen and oxygen atoms in total. The second-order valence-corrected chi connectivity index (χ2v) is 7.41. The molecule has 0 fully saturated rings. The Hall–Kier alpha value is -1.36. The standard InChI is InChI=1S/C19H34N4O/c1-7-9-14(3)22-12-11-17-16(13-22)18(19(24)21(5)6)20-23(17)15(4)10-8-2/h14-15H,7-13H2,1-6H3. The van der Waals surface area contributed by atoms with Crippen LogP contribution >= 0.6 is 0 Å². The van der Waals surface area contributed by atoms with Crippen molar-refractivity contribution in [1.82, 2.24) is 19.6 Å². The lowest BCUT2D eigenvalue weighted by atomic mass is 10.0. The minimum absolute atomic E-state index is 0.0266. The number of rotatable bonds is 7. The molecule has 2 heterocycles. The summed E-state index contributed by atoms with van der Waals surface area (Å²) in [6.45, 7) is 10.9. The quantitative estimate of drug-likeness (QED) is 0.766. The highest BCUT2D eigenvalue weighted by Crippen LogP contribution is 2.28. The number of aromatic nitrogens is 2. The Morgan fingerprint density at radius 2 is 1.79 bits per heavy atom. The first kappa shape index (κ1) is 19.0. The molecular formula is C19H34N4O. The van der Waals surface area contributed by atoms with Crippen molar-refractivity contribution in [3.8, 4) is 0 Å². The van der Waals surface area contributed by atoms with Crippen LogP contribution in [0.2, 0.25) is 0 Å². The number of amides is 1. The van der Waals surface area contributed by atoms with Gasteiger partial charge in [0.1, 0.15) is 0 Å². The zero-order chi connectivity index (χ0) is 17.9. The van der Waals surface area contributed by atoms with Crippen molar-refractivity contribution in [2.75, 3.05) is 20.6 Å². The number of hydrogen-bond donors (Lipinski definition) is 0. The summed E-state index contributed by atoms with van der Waals surface area (Å²) < 4.78 is 2.14. The first-order chi connectivity index (χ1) is 11.4. The summed E-state index contributed by atoms with van der Waals surface area (Å²) in [5.41, 5.74) is 3.10. The van der Waals surface area contributed by atoms with Gasteiger partial charge in [0.25, 0.3) is 5.91 Å². The van der Waals surface area contributed by atoms with E-state index >= 15 is 0 Å². The van der Waals surface area contributed by atoms with Crippen LogP contribution in [-0.4, -0.2) is 52.2 Å². The van der Waals surface area contributed by atoms with Crippen molar-refractivity contribution in [3.63, 3.8) is 0 Å². The molecule has 2 rings (SSSR count). The minimum atomic E-state index is 0.0266. The van der Waals surface area contributed by atoms with Gasteiger partial charge in [0.2, 0.25) is 0 Å². The van der Waals surface area contributed by atoms with E-state index in [0.29, 0.717) is 17.8 Å². The fourth-order valence-corrected chi connectivity index (χ4v) is 3.73. The summed E-state index contributed by atoms with van der Waals surface area (Å²) in [5, 5.41) is 4.77. The molecule has 1 aromatic rings. The molecule has 1 amide bonds. The maximum absolute atomic E-state index is 12.6. The predicted molar refractivity (Wildman–Crippen MR) is 98.3 cm³/mol. The van der Waals surface area contributed by atoms with Crippen LogP contribution in [0.5, 0.6) is 0 Å². The van der Waals surface area contributed by atoms with Crippen LogP contribution in [0.1, 0.15) is 81.2 Å². The second kappa shape index (κ2) is 8.15. The number of carbonyl (C=O) groups is 1. The molecule has 1 aliphatic heterocycles. The van der Waals surface area contributed by atoms with Crippen LogP contribution in [0.15, 0.2) is 0 Å². The van der Waals surface area contributed by atoms with Crippen molar-refractivity contribution in [3.05, 3.63) is 17.0 Å². The van der Waals surface area contributed by atoms with Gasteiger partial charge in [0, 0.05) is 56.9 Å². The maximum Gasteiger partial charge on any atom is 0.274 e. The lowest BCUT2D eigenvalue weighted by molar-refractivity contribution is 0.0817. The molecule has 136 valence electrons. The zero-order valence-electron chi connectivity index (χ0n) is 16.3. The fourth-order valence-electron chi connectivity index (χ4n) is 3.73. The van der Waals surface area contributed by atoms with Crippen molar-refractivity contribution in [1.29, 1.82) is 0 Å². The van der Waals surface area contributed by atoms with Crippen LogP contribution in [0, 0.1) is 0 Å². The Labute approximate surface area is 147 Å². The summed E-state index contributed by atoms with van der Waals surface area (Å²) in [5.74, 6) is 0.0266. The van der Waals surface area contributed by atoms with Crippen LogP contribution in [0.4, 0.5) is 0 Å². The maximum atomic E-state index is 12.6. The first-order valence-electron chi connectivity index (χ1n) is 9.46. The van der Waals surface area contributed by atoms with E-state index in [2.05, 4.69) is 37.3 Å². The Morgan fingerprint density at radius 1 is 1.17 bits per heavy atom. The fraction of sp³-hybridized carbons (Fsp3) is 0.789. The molecule has 0 spiro atoms. The van der Waals surface area contributed by atoms with Gasteiger partial charge in [-0.2, -0.15) is 5.10 Å². The Balaban J connectivity index is 2.37. The van der Waals surface area contributed by atoms with E-state index in [9.17, 15) is 4.79 Å². The summed E-state index contributed by atoms with van der Waals surface area (Å²) >= 11 is 0. The van der Waals surface area contributed by atoms with Crippen LogP contribution in [0.25, 0.3) is 0 Å². The minimum Gasteiger partial charge on any atom is -0.343 e. The first-order valence-corrected chi connectivity index (χ1v) is 9.46. The molecule has 0 N–H and O–H groups in total. The van der Waals surface area contributed by atoms with Crippen LogP contribution < -0.4 is 0 Å². The SMILES string of the molecule is CCCC(C)N1CCc2c(c(C(=O)N(C)C)nn2C(C)CCC)C1. The summed E-state index contributed by atoms with van der Waals surface area (Å²) in [6, 6.07) is 0.911. The topological polar surface area (TPSA) is 41.4 Å². The van der Waals surface area contributed by atoms with E-state index in [0.717, 1.165) is 37.9 Å². The summed E-state index contributed by atoms with van der Waals surface area (Å²) in [6.07, 6.45) is 5.62. The largest absolute Gasteiger partial charge is 0.343 e. The van der Waals surface area contributed by atoms with E-state index in [-0.39, 0.29) is 5.91 Å². The third-order valence-corrected chi connectivity index (χ3v) is 5.18. The Kier molecular flexibility index (Phi) is 6.44. The molecule has 0 bridgehead atoms. The number of fused-ring (bicyclic) bond motifs is 1. The summed E-state index contributed by atoms with van der Waals surface area (Å²) in [7, 11) is 3.62. The highest BCUT2D eigenvalue weighted by Gasteiger charge is 2.31. The molecule has 1 aromatic heterocycles. The van der Waals surface area contributed by atoms with Gasteiger partial charge < -0.3 is 4.90 Å². The molecule has 2 atom stereocenters. The molecule has 0 saturated carbocycles. The molecule has 0 aromatic carbocycles. The summed E-state index contributed by atoms with van der Waals surface area (Å²) in [4.78, 5) is 16.8. The third kappa shape index (κ3) is 3.82. The van der Waals surface area contributed by atoms with Crippen LogP contribution in [-0.2, 0) is 13.0 Å². The highest BCUT2D eigenvalue weighted by molar-refractivity contribution is 5.93. The smallest absolute Gasteiger partial charge is 0.274 e. The van der Waals surface area contributed by atoms with E-state index in [1.807, 2.05) is 14.1 Å². The van der Waals surface area contributed by atoms with Crippen LogP contribution in [0.3, 0.4) is 0 Å². The monoisotopic (exact) mass is 334 g/mol. The van der Waals surface area contributed by atoms with Gasteiger partial charge in [0.05, 0.1) is 0 Å². The van der Waals surface area contributed by atoms with Gasteiger partial charge in [-0.15, -0.1) is 0 Å². The lowest BCUT2D eigenvalue weighted by Gasteiger charge is -2.33. The normalized spacial score (nSPS) is 17.4. The van der Waals surface area contributed by atoms with Gasteiger partial charge in [-0.25, -0.2) is 0 Å². The molecule has 2 unspecified atom stereocenters. The van der Waals surface area contributed by atoms with Crippen molar-refractivity contribution in [2.45, 2.75) is 78.4 Å². The predicted octanol–water partition coefficient (Wildman–Crippen LogP) is 3.49. The van der Waals surface area contributed by atoms with E-state index in [1.165, 1.54) is 18.5 Å². The van der Waals surface area contributed by atoms with Gasteiger partial charge in [0.15, 0.2) is 5.69 Å². The molecule has 0 aliphatic carbocycles.